The van der Waals surface area contributed by atoms with E-state index >= 15 is 0 Å². The van der Waals surface area contributed by atoms with Gasteiger partial charge in [-0.3, -0.25) is 4.79 Å². The van der Waals surface area contributed by atoms with Gasteiger partial charge in [-0.2, -0.15) is 0 Å². The summed E-state index contributed by atoms with van der Waals surface area (Å²) in [6.45, 7) is 5.18. The molecule has 2 rings (SSSR count). The predicted octanol–water partition coefficient (Wildman–Crippen LogP) is 5.29. The number of hydrogen-bond acceptors (Lipinski definition) is 3. The van der Waals surface area contributed by atoms with Crippen molar-refractivity contribution in [3.05, 3.63) is 58.6 Å². The standard InChI is InChI=1S/C20H22BrNO3/c1-3-12-25-18-10-8-15(13-19(18)24-4-2)9-11-20(23)22-17-7-5-6-16(21)14-17/h5-11,13-14H,3-4,12H2,1-2H3,(H,22,23)/b11-9+. The molecule has 2 aromatic carbocycles. The zero-order chi connectivity index (χ0) is 18.1. The lowest BCUT2D eigenvalue weighted by molar-refractivity contribution is -0.111. The van der Waals surface area contributed by atoms with Gasteiger partial charge in [-0.25, -0.2) is 0 Å². The largest absolute Gasteiger partial charge is 0.490 e. The van der Waals surface area contributed by atoms with Gasteiger partial charge in [0, 0.05) is 16.2 Å². The van der Waals surface area contributed by atoms with E-state index in [1.54, 1.807) is 6.08 Å². The number of benzene rings is 2. The fourth-order valence-corrected chi connectivity index (χ4v) is 2.55. The third-order valence-corrected chi connectivity index (χ3v) is 3.74. The van der Waals surface area contributed by atoms with Crippen LogP contribution < -0.4 is 14.8 Å². The maximum atomic E-state index is 12.0. The summed E-state index contributed by atoms with van der Waals surface area (Å²) >= 11 is 3.38. The molecule has 0 aliphatic rings. The number of halogens is 1. The number of amides is 1. The van der Waals surface area contributed by atoms with Gasteiger partial charge in [-0.05, 0) is 55.3 Å². The molecule has 2 aromatic rings. The number of carbonyl (C=O) groups is 1. The Morgan fingerprint density at radius 2 is 1.96 bits per heavy atom. The fraction of sp³-hybridized carbons (Fsp3) is 0.250. The van der Waals surface area contributed by atoms with Crippen molar-refractivity contribution in [2.45, 2.75) is 20.3 Å². The summed E-state index contributed by atoms with van der Waals surface area (Å²) in [5, 5.41) is 2.82. The van der Waals surface area contributed by atoms with E-state index in [1.807, 2.05) is 49.4 Å². The average molecular weight is 404 g/mol. The highest BCUT2D eigenvalue weighted by atomic mass is 79.9. The smallest absolute Gasteiger partial charge is 0.248 e. The summed E-state index contributed by atoms with van der Waals surface area (Å²) in [6, 6.07) is 13.1. The first-order chi connectivity index (χ1) is 12.1. The molecule has 0 saturated carbocycles. The summed E-state index contributed by atoms with van der Waals surface area (Å²) in [5.41, 5.74) is 1.61. The van der Waals surface area contributed by atoms with E-state index in [2.05, 4.69) is 28.2 Å². The van der Waals surface area contributed by atoms with Crippen LogP contribution in [0.15, 0.2) is 53.0 Å². The first-order valence-electron chi connectivity index (χ1n) is 8.26. The van der Waals surface area contributed by atoms with Crippen molar-refractivity contribution < 1.29 is 14.3 Å². The molecule has 25 heavy (non-hydrogen) atoms. The van der Waals surface area contributed by atoms with Crippen LogP contribution >= 0.6 is 15.9 Å². The Labute approximate surface area is 157 Å². The Hall–Kier alpha value is -2.27. The molecule has 0 radical (unpaired) electrons. The minimum atomic E-state index is -0.192. The van der Waals surface area contributed by atoms with Crippen molar-refractivity contribution in [2.24, 2.45) is 0 Å². The van der Waals surface area contributed by atoms with Gasteiger partial charge in [0.05, 0.1) is 13.2 Å². The van der Waals surface area contributed by atoms with E-state index in [0.29, 0.717) is 19.0 Å². The third-order valence-electron chi connectivity index (χ3n) is 3.25. The van der Waals surface area contributed by atoms with E-state index in [1.165, 1.54) is 6.08 Å². The topological polar surface area (TPSA) is 47.6 Å². The van der Waals surface area contributed by atoms with Crippen LogP contribution in [0.3, 0.4) is 0 Å². The van der Waals surface area contributed by atoms with Gasteiger partial charge in [0.25, 0.3) is 0 Å². The van der Waals surface area contributed by atoms with Crippen LogP contribution in [0.5, 0.6) is 11.5 Å². The Morgan fingerprint density at radius 3 is 2.68 bits per heavy atom. The molecule has 132 valence electrons. The molecule has 0 spiro atoms. The second kappa shape index (κ2) is 9.89. The van der Waals surface area contributed by atoms with E-state index in [0.717, 1.165) is 27.9 Å². The van der Waals surface area contributed by atoms with E-state index < -0.39 is 0 Å². The second-order valence-electron chi connectivity index (χ2n) is 5.32. The molecule has 4 nitrogen and oxygen atoms in total. The van der Waals surface area contributed by atoms with Crippen molar-refractivity contribution in [3.8, 4) is 11.5 Å². The molecule has 0 aliphatic heterocycles. The lowest BCUT2D eigenvalue weighted by atomic mass is 10.2. The van der Waals surface area contributed by atoms with Crippen LogP contribution in [-0.4, -0.2) is 19.1 Å². The van der Waals surface area contributed by atoms with Gasteiger partial charge < -0.3 is 14.8 Å². The van der Waals surface area contributed by atoms with Gasteiger partial charge in [-0.1, -0.05) is 35.0 Å². The normalized spacial score (nSPS) is 10.7. The number of hydrogen-bond donors (Lipinski definition) is 1. The van der Waals surface area contributed by atoms with E-state index in [4.69, 9.17) is 9.47 Å². The summed E-state index contributed by atoms with van der Waals surface area (Å²) in [4.78, 5) is 12.0. The lowest BCUT2D eigenvalue weighted by Crippen LogP contribution is -2.07. The Kier molecular flexibility index (Phi) is 7.54. The molecule has 1 amide bonds. The van der Waals surface area contributed by atoms with Crippen LogP contribution in [0, 0.1) is 0 Å². The first-order valence-corrected chi connectivity index (χ1v) is 9.06. The number of anilines is 1. The van der Waals surface area contributed by atoms with Gasteiger partial charge in [0.1, 0.15) is 0 Å². The monoisotopic (exact) mass is 403 g/mol. The van der Waals surface area contributed by atoms with Gasteiger partial charge in [-0.15, -0.1) is 0 Å². The highest BCUT2D eigenvalue weighted by Gasteiger charge is 2.06. The highest BCUT2D eigenvalue weighted by Crippen LogP contribution is 2.29. The van der Waals surface area contributed by atoms with Crippen molar-refractivity contribution in [2.75, 3.05) is 18.5 Å². The molecule has 0 fully saturated rings. The van der Waals surface area contributed by atoms with E-state index in [9.17, 15) is 4.79 Å². The molecule has 1 N–H and O–H groups in total. The minimum absolute atomic E-state index is 0.192. The number of carbonyl (C=O) groups excluding carboxylic acids is 1. The molecule has 0 atom stereocenters. The Bertz CT molecular complexity index is 743. The zero-order valence-electron chi connectivity index (χ0n) is 14.4. The maximum absolute atomic E-state index is 12.0. The molecule has 5 heteroatoms. The third kappa shape index (κ3) is 6.27. The molecule has 0 aromatic heterocycles. The fourth-order valence-electron chi connectivity index (χ4n) is 2.15. The van der Waals surface area contributed by atoms with Crippen molar-refractivity contribution in [1.29, 1.82) is 0 Å². The molecule has 0 unspecified atom stereocenters. The van der Waals surface area contributed by atoms with Crippen molar-refractivity contribution >= 4 is 33.6 Å². The Balaban J connectivity index is 2.06. The predicted molar refractivity (Wildman–Crippen MR) is 105 cm³/mol. The minimum Gasteiger partial charge on any atom is -0.490 e. The summed E-state index contributed by atoms with van der Waals surface area (Å²) < 4.78 is 12.2. The van der Waals surface area contributed by atoms with Gasteiger partial charge >= 0.3 is 0 Å². The van der Waals surface area contributed by atoms with Crippen molar-refractivity contribution in [1.82, 2.24) is 0 Å². The summed E-state index contributed by atoms with van der Waals surface area (Å²) in [6.07, 6.45) is 4.18. The quantitative estimate of drug-likeness (QED) is 0.609. The molecule has 0 bridgehead atoms. The van der Waals surface area contributed by atoms with Gasteiger partial charge in [0.2, 0.25) is 5.91 Å². The lowest BCUT2D eigenvalue weighted by Gasteiger charge is -2.12. The van der Waals surface area contributed by atoms with Crippen LogP contribution in [0.2, 0.25) is 0 Å². The molecular weight excluding hydrogens is 382 g/mol. The number of rotatable bonds is 8. The Morgan fingerprint density at radius 1 is 1.12 bits per heavy atom. The second-order valence-corrected chi connectivity index (χ2v) is 6.24. The van der Waals surface area contributed by atoms with Crippen LogP contribution in [-0.2, 0) is 4.79 Å². The average Bonchev–Trinajstić information content (AvgIpc) is 2.59. The maximum Gasteiger partial charge on any atom is 0.248 e. The zero-order valence-corrected chi connectivity index (χ0v) is 16.0. The SMILES string of the molecule is CCCOc1ccc(/C=C/C(=O)Nc2cccc(Br)c2)cc1OCC. The van der Waals surface area contributed by atoms with Crippen LogP contribution in [0.25, 0.3) is 6.08 Å². The molecule has 0 heterocycles. The summed E-state index contributed by atoms with van der Waals surface area (Å²) in [7, 11) is 0. The molecule has 0 aliphatic carbocycles. The molecule has 0 saturated heterocycles. The number of ether oxygens (including phenoxy) is 2. The summed E-state index contributed by atoms with van der Waals surface area (Å²) in [5.74, 6) is 1.22. The first kappa shape index (κ1) is 19.1. The van der Waals surface area contributed by atoms with Gasteiger partial charge in [0.15, 0.2) is 11.5 Å². The van der Waals surface area contributed by atoms with E-state index in [-0.39, 0.29) is 5.91 Å². The highest BCUT2D eigenvalue weighted by molar-refractivity contribution is 9.10. The van der Waals surface area contributed by atoms with Crippen molar-refractivity contribution in [3.63, 3.8) is 0 Å². The van der Waals surface area contributed by atoms with Crippen LogP contribution in [0.4, 0.5) is 5.69 Å². The number of nitrogens with one attached hydrogen (secondary N) is 1. The molecular formula is C20H22BrNO3. The van der Waals surface area contributed by atoms with Crippen LogP contribution in [0.1, 0.15) is 25.8 Å².